The van der Waals surface area contributed by atoms with Gasteiger partial charge in [0.1, 0.15) is 0 Å². The average molecular weight is 280 g/mol. The van der Waals surface area contributed by atoms with E-state index < -0.39 is 0 Å². The Morgan fingerprint density at radius 1 is 1.05 bits per heavy atom. The smallest absolute Gasteiger partial charge is 0.259 e. The highest BCUT2D eigenvalue weighted by molar-refractivity contribution is 6.11. The number of nitrogens with two attached hydrogens (primary N) is 1. The van der Waals surface area contributed by atoms with Crippen molar-refractivity contribution in [1.29, 1.82) is 0 Å². The lowest BCUT2D eigenvalue weighted by atomic mass is 9.85. The molecule has 1 amide bonds. The van der Waals surface area contributed by atoms with Crippen LogP contribution in [0.25, 0.3) is 0 Å². The number of para-hydroxylation sites is 1. The van der Waals surface area contributed by atoms with Crippen LogP contribution < -0.4 is 10.6 Å². The highest BCUT2D eigenvalue weighted by Gasteiger charge is 2.32. The van der Waals surface area contributed by atoms with Crippen LogP contribution in [0.4, 0.5) is 11.4 Å². The first-order chi connectivity index (χ1) is 9.89. The second-order valence-corrected chi connectivity index (χ2v) is 6.53. The van der Waals surface area contributed by atoms with Gasteiger partial charge in [0.05, 0.1) is 6.54 Å². The van der Waals surface area contributed by atoms with Crippen LogP contribution in [0.2, 0.25) is 0 Å². The van der Waals surface area contributed by atoms with Crippen molar-refractivity contribution in [2.45, 2.75) is 32.7 Å². The zero-order valence-corrected chi connectivity index (χ0v) is 12.7. The van der Waals surface area contributed by atoms with Gasteiger partial charge in [-0.1, -0.05) is 45.0 Å². The van der Waals surface area contributed by atoms with Crippen molar-refractivity contribution in [3.8, 4) is 0 Å². The summed E-state index contributed by atoms with van der Waals surface area (Å²) in [5.74, 6) is 0.0361. The maximum absolute atomic E-state index is 12.7. The third-order valence-corrected chi connectivity index (χ3v) is 4.01. The van der Waals surface area contributed by atoms with Crippen LogP contribution >= 0.6 is 0 Å². The highest BCUT2D eigenvalue weighted by atomic mass is 16.2. The number of nitrogen functional groups attached to an aromatic ring is 1. The molecule has 2 N–H and O–H groups in total. The van der Waals surface area contributed by atoms with Crippen LogP contribution in [0.1, 0.15) is 42.3 Å². The Kier molecular flexibility index (Phi) is 3.01. The van der Waals surface area contributed by atoms with Crippen LogP contribution in [0, 0.1) is 0 Å². The van der Waals surface area contributed by atoms with Crippen LogP contribution in [0.3, 0.4) is 0 Å². The molecule has 1 aliphatic heterocycles. The number of carbonyl (C=O) groups is 1. The summed E-state index contributed by atoms with van der Waals surface area (Å²) in [4.78, 5) is 14.5. The Bertz CT molecular complexity index is 713. The van der Waals surface area contributed by atoms with Crippen LogP contribution in [0.15, 0.2) is 42.5 Å². The summed E-state index contributed by atoms with van der Waals surface area (Å²) in [6.07, 6.45) is 0. The number of amides is 1. The van der Waals surface area contributed by atoms with Crippen molar-refractivity contribution in [2.75, 3.05) is 10.6 Å². The van der Waals surface area contributed by atoms with Gasteiger partial charge in [-0.2, -0.15) is 0 Å². The monoisotopic (exact) mass is 280 g/mol. The molecule has 0 saturated heterocycles. The lowest BCUT2D eigenvalue weighted by Gasteiger charge is -2.27. The Labute approximate surface area is 125 Å². The van der Waals surface area contributed by atoms with Crippen molar-refractivity contribution >= 4 is 17.3 Å². The van der Waals surface area contributed by atoms with E-state index >= 15 is 0 Å². The van der Waals surface area contributed by atoms with Gasteiger partial charge in [0.15, 0.2) is 0 Å². The Hall–Kier alpha value is -2.29. The van der Waals surface area contributed by atoms with E-state index in [0.717, 1.165) is 16.8 Å². The molecular formula is C18H20N2O. The Morgan fingerprint density at radius 3 is 2.43 bits per heavy atom. The zero-order valence-electron chi connectivity index (χ0n) is 12.7. The largest absolute Gasteiger partial charge is 0.398 e. The molecule has 1 aliphatic rings. The summed E-state index contributed by atoms with van der Waals surface area (Å²) < 4.78 is 0. The molecule has 0 bridgehead atoms. The molecule has 0 spiro atoms. The van der Waals surface area contributed by atoms with E-state index in [4.69, 9.17) is 5.73 Å². The van der Waals surface area contributed by atoms with Gasteiger partial charge in [0.2, 0.25) is 0 Å². The first-order valence-electron chi connectivity index (χ1n) is 7.18. The molecule has 0 atom stereocenters. The minimum atomic E-state index is -0.0167. The predicted molar refractivity (Wildman–Crippen MR) is 86.5 cm³/mol. The topological polar surface area (TPSA) is 46.3 Å². The van der Waals surface area contributed by atoms with Crippen LogP contribution in [-0.4, -0.2) is 5.91 Å². The number of hydrogen-bond donors (Lipinski definition) is 1. The van der Waals surface area contributed by atoms with Gasteiger partial charge >= 0.3 is 0 Å². The van der Waals surface area contributed by atoms with E-state index in [1.165, 1.54) is 5.56 Å². The summed E-state index contributed by atoms with van der Waals surface area (Å²) in [5.41, 5.74) is 10.5. The predicted octanol–water partition coefficient (Wildman–Crippen LogP) is 3.73. The van der Waals surface area contributed by atoms with E-state index in [1.54, 1.807) is 0 Å². The second-order valence-electron chi connectivity index (χ2n) is 6.53. The normalized spacial score (nSPS) is 14.4. The van der Waals surface area contributed by atoms with Gasteiger partial charge in [-0.25, -0.2) is 0 Å². The van der Waals surface area contributed by atoms with Gasteiger partial charge < -0.3 is 10.6 Å². The molecule has 3 heteroatoms. The lowest BCUT2D eigenvalue weighted by molar-refractivity contribution is 0.0996. The third kappa shape index (κ3) is 2.19. The molecule has 0 aliphatic carbocycles. The molecule has 108 valence electrons. The van der Waals surface area contributed by atoms with Crippen LogP contribution in [0.5, 0.6) is 0 Å². The van der Waals surface area contributed by atoms with Crippen molar-refractivity contribution in [1.82, 2.24) is 0 Å². The number of benzene rings is 2. The van der Waals surface area contributed by atoms with Gasteiger partial charge in [-0.3, -0.25) is 4.79 Å². The molecule has 2 aromatic rings. The lowest BCUT2D eigenvalue weighted by Crippen LogP contribution is -2.27. The van der Waals surface area contributed by atoms with Gasteiger partial charge in [-0.05, 0) is 29.2 Å². The molecule has 3 rings (SSSR count). The fourth-order valence-corrected chi connectivity index (χ4v) is 2.89. The minimum absolute atomic E-state index is 0.0167. The van der Waals surface area contributed by atoms with E-state index in [1.807, 2.05) is 41.3 Å². The summed E-state index contributed by atoms with van der Waals surface area (Å²) in [6.45, 7) is 7.03. The van der Waals surface area contributed by atoms with E-state index in [0.29, 0.717) is 12.2 Å². The van der Waals surface area contributed by atoms with E-state index in [2.05, 4.69) is 26.8 Å². The van der Waals surface area contributed by atoms with Crippen LogP contribution in [-0.2, 0) is 12.0 Å². The average Bonchev–Trinajstić information content (AvgIpc) is 2.77. The maximum Gasteiger partial charge on any atom is 0.259 e. The summed E-state index contributed by atoms with van der Waals surface area (Å²) in [5, 5.41) is 0. The molecule has 2 aromatic carbocycles. The summed E-state index contributed by atoms with van der Waals surface area (Å²) in [7, 11) is 0. The highest BCUT2D eigenvalue weighted by Crippen LogP contribution is 2.37. The first-order valence-corrected chi connectivity index (χ1v) is 7.18. The van der Waals surface area contributed by atoms with Crippen molar-refractivity contribution in [3.05, 3.63) is 59.2 Å². The molecule has 3 nitrogen and oxygen atoms in total. The summed E-state index contributed by atoms with van der Waals surface area (Å²) in [6, 6.07) is 13.6. The SMILES string of the molecule is CC(C)(C)c1ccccc1N1Cc2c(N)cccc2C1=O. The minimum Gasteiger partial charge on any atom is -0.398 e. The second kappa shape index (κ2) is 4.62. The van der Waals surface area contributed by atoms with Gasteiger partial charge in [0.25, 0.3) is 5.91 Å². The number of hydrogen-bond acceptors (Lipinski definition) is 2. The van der Waals surface area contributed by atoms with Crippen molar-refractivity contribution in [2.24, 2.45) is 0 Å². The van der Waals surface area contributed by atoms with Gasteiger partial charge in [-0.15, -0.1) is 0 Å². The van der Waals surface area contributed by atoms with E-state index in [-0.39, 0.29) is 11.3 Å². The molecular weight excluding hydrogens is 260 g/mol. The number of fused-ring (bicyclic) bond motifs is 1. The maximum atomic E-state index is 12.7. The molecule has 0 aromatic heterocycles. The third-order valence-electron chi connectivity index (χ3n) is 4.01. The van der Waals surface area contributed by atoms with E-state index in [9.17, 15) is 4.79 Å². The standard InChI is InChI=1S/C18H20N2O/c1-18(2,3)14-8-4-5-10-16(14)20-11-13-12(17(20)21)7-6-9-15(13)19/h4-10H,11,19H2,1-3H3. The number of carbonyl (C=O) groups excluding carboxylic acids is 1. The molecule has 1 heterocycles. The fraction of sp³-hybridized carbons (Fsp3) is 0.278. The summed E-state index contributed by atoms with van der Waals surface area (Å²) >= 11 is 0. The Balaban J connectivity index is 2.10. The quantitative estimate of drug-likeness (QED) is 0.809. The molecule has 0 saturated carbocycles. The Morgan fingerprint density at radius 2 is 1.76 bits per heavy atom. The van der Waals surface area contributed by atoms with Gasteiger partial charge in [0, 0.05) is 22.5 Å². The molecule has 0 fully saturated rings. The number of anilines is 2. The fourth-order valence-electron chi connectivity index (χ4n) is 2.89. The molecule has 0 unspecified atom stereocenters. The van der Waals surface area contributed by atoms with Crippen molar-refractivity contribution in [3.63, 3.8) is 0 Å². The molecule has 21 heavy (non-hydrogen) atoms. The van der Waals surface area contributed by atoms with Crippen molar-refractivity contribution < 1.29 is 4.79 Å². The molecule has 0 radical (unpaired) electrons. The first kappa shape index (κ1) is 13.7. The number of nitrogens with zero attached hydrogens (tertiary/aromatic N) is 1. The zero-order chi connectivity index (χ0) is 15.2. The number of rotatable bonds is 1.